The van der Waals surface area contributed by atoms with Gasteiger partial charge in [0.1, 0.15) is 5.01 Å². The summed E-state index contributed by atoms with van der Waals surface area (Å²) in [5.74, 6) is 0. The molecule has 3 rings (SSSR count). The second-order valence-corrected chi connectivity index (χ2v) is 8.43. The highest BCUT2D eigenvalue weighted by atomic mass is 32.1. The highest BCUT2D eigenvalue weighted by molar-refractivity contribution is 7.09. The smallest absolute Gasteiger partial charge is 0.114 e. The number of rotatable bonds is 3. The van der Waals surface area contributed by atoms with Crippen LogP contribution in [-0.2, 0) is 11.0 Å². The molecule has 0 spiro atoms. The van der Waals surface area contributed by atoms with Crippen molar-refractivity contribution >= 4 is 11.3 Å². The molecule has 0 aromatic carbocycles. The first-order valence-electron chi connectivity index (χ1n) is 7.77. The Kier molecular flexibility index (Phi) is 3.47. The maximum absolute atomic E-state index is 4.98. The molecule has 2 heterocycles. The van der Waals surface area contributed by atoms with Crippen LogP contribution in [0, 0.1) is 0 Å². The van der Waals surface area contributed by atoms with Crippen LogP contribution < -0.4 is 5.32 Å². The second kappa shape index (κ2) is 4.79. The van der Waals surface area contributed by atoms with Crippen molar-refractivity contribution in [1.29, 1.82) is 0 Å². The average molecular weight is 293 g/mol. The topological polar surface area (TPSA) is 28.2 Å². The molecule has 1 saturated heterocycles. The Labute approximate surface area is 126 Å². The van der Waals surface area contributed by atoms with E-state index in [0.29, 0.717) is 6.04 Å². The molecule has 1 saturated carbocycles. The summed E-state index contributed by atoms with van der Waals surface area (Å²) in [6.45, 7) is 10.2. The van der Waals surface area contributed by atoms with E-state index in [1.54, 1.807) is 0 Å². The lowest BCUT2D eigenvalue weighted by Gasteiger charge is -2.27. The van der Waals surface area contributed by atoms with Gasteiger partial charge in [0.05, 0.1) is 11.2 Å². The van der Waals surface area contributed by atoms with Crippen molar-refractivity contribution in [2.24, 2.45) is 0 Å². The van der Waals surface area contributed by atoms with E-state index < -0.39 is 0 Å². The van der Waals surface area contributed by atoms with Crippen LogP contribution in [0.1, 0.15) is 57.7 Å². The quantitative estimate of drug-likeness (QED) is 0.928. The van der Waals surface area contributed by atoms with Gasteiger partial charge in [-0.2, -0.15) is 0 Å². The molecule has 1 aliphatic carbocycles. The van der Waals surface area contributed by atoms with Crippen LogP contribution in [0.25, 0.3) is 0 Å². The van der Waals surface area contributed by atoms with Crippen LogP contribution >= 0.6 is 11.3 Å². The fourth-order valence-corrected chi connectivity index (χ4v) is 4.59. The summed E-state index contributed by atoms with van der Waals surface area (Å²) in [6, 6.07) is 1.50. The van der Waals surface area contributed by atoms with Gasteiger partial charge in [0.2, 0.25) is 0 Å². The van der Waals surface area contributed by atoms with E-state index in [1.165, 1.54) is 30.0 Å². The Hall–Kier alpha value is -0.450. The Bertz CT molecular complexity index is 486. The van der Waals surface area contributed by atoms with E-state index in [-0.39, 0.29) is 11.0 Å². The van der Waals surface area contributed by atoms with Gasteiger partial charge in [-0.25, -0.2) is 4.98 Å². The minimum atomic E-state index is 0.0656. The Balaban J connectivity index is 1.88. The van der Waals surface area contributed by atoms with Gasteiger partial charge < -0.3 is 5.32 Å². The van der Waals surface area contributed by atoms with E-state index in [9.17, 15) is 0 Å². The molecule has 2 unspecified atom stereocenters. The Morgan fingerprint density at radius 2 is 2.10 bits per heavy atom. The summed E-state index contributed by atoms with van der Waals surface area (Å²) in [6.07, 6.45) is 3.95. The summed E-state index contributed by atoms with van der Waals surface area (Å²) in [5.41, 5.74) is 1.44. The van der Waals surface area contributed by atoms with Gasteiger partial charge in [-0.3, -0.25) is 4.90 Å². The molecule has 1 aromatic rings. The van der Waals surface area contributed by atoms with Crippen LogP contribution in [0.15, 0.2) is 5.38 Å². The van der Waals surface area contributed by atoms with Gasteiger partial charge in [-0.1, -0.05) is 20.8 Å². The minimum absolute atomic E-state index is 0.0656. The second-order valence-electron chi connectivity index (χ2n) is 7.58. The first-order chi connectivity index (χ1) is 9.36. The molecule has 4 heteroatoms. The van der Waals surface area contributed by atoms with Crippen molar-refractivity contribution in [3.8, 4) is 0 Å². The molecule has 1 aliphatic heterocycles. The normalized spacial score (nSPS) is 31.9. The summed E-state index contributed by atoms with van der Waals surface area (Å²) >= 11 is 1.83. The third-order valence-corrected chi connectivity index (χ3v) is 5.89. The highest BCUT2D eigenvalue weighted by Crippen LogP contribution is 2.43. The molecular formula is C16H27N3S. The first-order valence-corrected chi connectivity index (χ1v) is 8.65. The largest absolute Gasteiger partial charge is 0.307 e. The lowest BCUT2D eigenvalue weighted by molar-refractivity contribution is 0.243. The van der Waals surface area contributed by atoms with Gasteiger partial charge in [0, 0.05) is 29.4 Å². The van der Waals surface area contributed by atoms with Crippen LogP contribution in [-0.4, -0.2) is 35.6 Å². The monoisotopic (exact) mass is 293 g/mol. The Morgan fingerprint density at radius 3 is 2.60 bits per heavy atom. The van der Waals surface area contributed by atoms with Crippen LogP contribution in [0.4, 0.5) is 0 Å². The number of thiazole rings is 1. The fourth-order valence-electron chi connectivity index (χ4n) is 3.33. The number of likely N-dealkylation sites (N-methyl/N-ethyl adjacent to an activating group) is 1. The predicted molar refractivity (Wildman–Crippen MR) is 85.4 cm³/mol. The molecular weight excluding hydrogens is 266 g/mol. The summed E-state index contributed by atoms with van der Waals surface area (Å²) < 4.78 is 0. The molecule has 0 bridgehead atoms. The number of hydrogen-bond acceptors (Lipinski definition) is 4. The molecule has 2 aliphatic rings. The van der Waals surface area contributed by atoms with Gasteiger partial charge in [-0.15, -0.1) is 11.3 Å². The van der Waals surface area contributed by atoms with Crippen LogP contribution in [0.3, 0.4) is 0 Å². The standard InChI is InChI=1S/C16H27N3S/c1-11-8-16(17-5,10-19(11)12-6-7-12)14-18-13(9-20-14)15(2,3)4/h9,11-12,17H,6-8,10H2,1-5H3. The van der Waals surface area contributed by atoms with Crippen molar-refractivity contribution in [3.05, 3.63) is 16.1 Å². The SMILES string of the molecule is CNC1(c2nc(C(C)(C)C)cs2)CC(C)N(C2CC2)C1. The molecule has 1 aromatic heterocycles. The summed E-state index contributed by atoms with van der Waals surface area (Å²) in [5, 5.41) is 7.13. The molecule has 20 heavy (non-hydrogen) atoms. The molecule has 0 radical (unpaired) electrons. The third kappa shape index (κ3) is 2.42. The van der Waals surface area contributed by atoms with Crippen molar-refractivity contribution in [3.63, 3.8) is 0 Å². The average Bonchev–Trinajstić information content (AvgIpc) is 2.96. The van der Waals surface area contributed by atoms with E-state index in [1.807, 2.05) is 11.3 Å². The molecule has 112 valence electrons. The van der Waals surface area contributed by atoms with Crippen LogP contribution in [0.2, 0.25) is 0 Å². The molecule has 0 amide bonds. The number of likely N-dealkylation sites (tertiary alicyclic amines) is 1. The van der Waals surface area contributed by atoms with E-state index in [0.717, 1.165) is 12.6 Å². The lowest BCUT2D eigenvalue weighted by atomic mass is 9.92. The van der Waals surface area contributed by atoms with Gasteiger partial charge >= 0.3 is 0 Å². The van der Waals surface area contributed by atoms with Crippen molar-refractivity contribution in [2.45, 2.75) is 70.0 Å². The zero-order chi connectivity index (χ0) is 14.5. The van der Waals surface area contributed by atoms with E-state index >= 15 is 0 Å². The molecule has 2 fully saturated rings. The van der Waals surface area contributed by atoms with Crippen molar-refractivity contribution in [2.75, 3.05) is 13.6 Å². The number of aromatic nitrogens is 1. The molecule has 3 nitrogen and oxygen atoms in total. The highest BCUT2D eigenvalue weighted by Gasteiger charge is 2.48. The van der Waals surface area contributed by atoms with E-state index in [2.05, 4.69) is 50.3 Å². The number of nitrogens with one attached hydrogen (secondary N) is 1. The molecule has 2 atom stereocenters. The van der Waals surface area contributed by atoms with Crippen molar-refractivity contribution in [1.82, 2.24) is 15.2 Å². The van der Waals surface area contributed by atoms with Gasteiger partial charge in [0.15, 0.2) is 0 Å². The van der Waals surface area contributed by atoms with Crippen molar-refractivity contribution < 1.29 is 0 Å². The summed E-state index contributed by atoms with van der Waals surface area (Å²) in [4.78, 5) is 7.67. The van der Waals surface area contributed by atoms with E-state index in [4.69, 9.17) is 4.98 Å². The third-order valence-electron chi connectivity index (χ3n) is 4.84. The lowest BCUT2D eigenvalue weighted by Crippen LogP contribution is -2.43. The molecule has 1 N–H and O–H groups in total. The maximum Gasteiger partial charge on any atom is 0.114 e. The van der Waals surface area contributed by atoms with Crippen LogP contribution in [0.5, 0.6) is 0 Å². The zero-order valence-electron chi connectivity index (χ0n) is 13.4. The fraction of sp³-hybridized carbons (Fsp3) is 0.812. The number of hydrogen-bond donors (Lipinski definition) is 1. The first kappa shape index (κ1) is 14.5. The summed E-state index contributed by atoms with van der Waals surface area (Å²) in [7, 11) is 2.10. The van der Waals surface area contributed by atoms with Gasteiger partial charge in [0.25, 0.3) is 0 Å². The maximum atomic E-state index is 4.98. The minimum Gasteiger partial charge on any atom is -0.307 e. The Morgan fingerprint density at radius 1 is 1.40 bits per heavy atom. The number of nitrogens with zero attached hydrogens (tertiary/aromatic N) is 2. The predicted octanol–water partition coefficient (Wildman–Crippen LogP) is 3.11. The zero-order valence-corrected chi connectivity index (χ0v) is 14.2. The van der Waals surface area contributed by atoms with Gasteiger partial charge in [-0.05, 0) is 33.2 Å².